The maximum atomic E-state index is 6.47. The Kier molecular flexibility index (Phi) is 12.2. The Hall–Kier alpha value is -1.01. The zero-order valence-electron chi connectivity index (χ0n) is 5.77. The van der Waals surface area contributed by atoms with Gasteiger partial charge in [0.15, 0.2) is 11.9 Å². The summed E-state index contributed by atoms with van der Waals surface area (Å²) in [5.41, 5.74) is 9.49. The lowest BCUT2D eigenvalue weighted by molar-refractivity contribution is 1.19. The Labute approximate surface area is 60.5 Å². The lowest BCUT2D eigenvalue weighted by Gasteiger charge is -1.95. The molecule has 0 aliphatic carbocycles. The van der Waals surface area contributed by atoms with Gasteiger partial charge in [0.05, 0.1) is 0 Å². The van der Waals surface area contributed by atoms with Crippen LogP contribution in [0.2, 0.25) is 0 Å². The molecular weight excluding hydrogens is 144 g/mol. The lowest BCUT2D eigenvalue weighted by Crippen LogP contribution is -2.39. The van der Waals surface area contributed by atoms with Crippen molar-refractivity contribution in [2.45, 2.75) is 0 Å². The molecule has 0 unspecified atom stereocenters. The van der Waals surface area contributed by atoms with Crippen LogP contribution in [0.25, 0.3) is 0 Å². The van der Waals surface area contributed by atoms with Crippen LogP contribution in [-0.4, -0.2) is 11.9 Å². The topological polar surface area (TPSA) is 147 Å². The van der Waals surface area contributed by atoms with E-state index in [0.717, 1.165) is 0 Å². The smallest absolute Gasteiger partial charge is 0.370 e. The van der Waals surface area contributed by atoms with Gasteiger partial charge in [-0.2, -0.15) is 0 Å². The average Bonchev–Trinajstić information content (AvgIpc) is 1.27. The molecule has 0 aromatic rings. The van der Waals surface area contributed by atoms with Gasteiger partial charge in [0.1, 0.15) is 0 Å². The van der Waals surface area contributed by atoms with E-state index in [1.54, 1.807) is 0 Å². The number of hydrogen-bond donors (Lipinski definition) is 6. The highest BCUT2D eigenvalue weighted by Crippen LogP contribution is 1.44. The van der Waals surface area contributed by atoms with E-state index in [9.17, 15) is 0 Å². The lowest BCUT2D eigenvalue weighted by atomic mass is 10.9. The summed E-state index contributed by atoms with van der Waals surface area (Å²) in [4.78, 5) is 0. The summed E-state index contributed by atoms with van der Waals surface area (Å²) in [6, 6.07) is 0. The Bertz CT molecular complexity index is 91.9. The zero-order valence-corrected chi connectivity index (χ0v) is 5.59. The molecule has 6 nitrogen and oxygen atoms in total. The van der Waals surface area contributed by atoms with Crippen molar-refractivity contribution < 1.29 is 1.43 Å². The molecule has 0 saturated heterocycles. The summed E-state index contributed by atoms with van der Waals surface area (Å²) in [5.74, 6) is -0.625. The van der Waals surface area contributed by atoms with E-state index in [4.69, 9.17) is 22.3 Å². The molecule has 0 aromatic heterocycles. The summed E-state index contributed by atoms with van der Waals surface area (Å²) in [7, 11) is 0. The number of hydrogen-bond acceptors (Lipinski definition) is 3. The SMILES string of the molecule is Cl.N.N=C(N)NC(=N)N.[H+]. The molecule has 0 radical (unpaired) electrons. The third kappa shape index (κ3) is 19.5. The minimum absolute atomic E-state index is 0. The molecule has 7 heteroatoms. The van der Waals surface area contributed by atoms with E-state index in [2.05, 4.69) is 0 Å². The first-order valence-electron chi connectivity index (χ1n) is 1.58. The minimum Gasteiger partial charge on any atom is -0.370 e. The van der Waals surface area contributed by atoms with E-state index in [1.807, 2.05) is 5.32 Å². The van der Waals surface area contributed by atoms with Crippen LogP contribution in [0.15, 0.2) is 0 Å². The predicted molar refractivity (Wildman–Crippen MR) is 40.3 cm³/mol. The van der Waals surface area contributed by atoms with E-state index in [-0.39, 0.29) is 31.9 Å². The molecule has 0 amide bonds. The molecule has 56 valence electrons. The molecule has 0 fully saturated rings. The molecule has 0 saturated carbocycles. The maximum absolute atomic E-state index is 6.47. The summed E-state index contributed by atoms with van der Waals surface area (Å²) in [5, 5.41) is 15.0. The fourth-order valence-electron chi connectivity index (χ4n) is 0.145. The van der Waals surface area contributed by atoms with E-state index >= 15 is 0 Å². The first kappa shape index (κ1) is 15.7. The van der Waals surface area contributed by atoms with Crippen LogP contribution in [0.3, 0.4) is 0 Å². The molecule has 9 heavy (non-hydrogen) atoms. The summed E-state index contributed by atoms with van der Waals surface area (Å²) >= 11 is 0. The average molecular weight is 156 g/mol. The van der Waals surface area contributed by atoms with Crippen LogP contribution in [0.4, 0.5) is 0 Å². The molecular formula is C2H12ClN6+. The Balaban J connectivity index is -0.0000000600. The summed E-state index contributed by atoms with van der Waals surface area (Å²) in [6.07, 6.45) is 0. The van der Waals surface area contributed by atoms with Gasteiger partial charge in [0, 0.05) is 0 Å². The van der Waals surface area contributed by atoms with Gasteiger partial charge in [-0.05, 0) is 0 Å². The van der Waals surface area contributed by atoms with Crippen molar-refractivity contribution in [3.8, 4) is 0 Å². The summed E-state index contributed by atoms with van der Waals surface area (Å²) in [6.45, 7) is 0. The van der Waals surface area contributed by atoms with Crippen molar-refractivity contribution in [1.29, 1.82) is 10.8 Å². The van der Waals surface area contributed by atoms with Crippen LogP contribution in [0.1, 0.15) is 1.43 Å². The number of nitrogens with two attached hydrogens (primary N) is 2. The highest BCUT2D eigenvalue weighted by molar-refractivity contribution is 5.93. The van der Waals surface area contributed by atoms with Gasteiger partial charge >= 0.3 is 1.43 Å². The van der Waals surface area contributed by atoms with Crippen LogP contribution in [-0.2, 0) is 0 Å². The van der Waals surface area contributed by atoms with Gasteiger partial charge < -0.3 is 17.6 Å². The van der Waals surface area contributed by atoms with Crippen molar-refractivity contribution >= 4 is 24.3 Å². The second-order valence-electron chi connectivity index (χ2n) is 0.952. The Morgan fingerprint density at radius 3 is 1.44 bits per heavy atom. The Morgan fingerprint density at radius 1 is 1.22 bits per heavy atom. The van der Waals surface area contributed by atoms with E-state index in [0.29, 0.717) is 0 Å². The first-order valence-corrected chi connectivity index (χ1v) is 1.58. The molecule has 10 N–H and O–H groups in total. The molecule has 0 rings (SSSR count). The van der Waals surface area contributed by atoms with Gasteiger partial charge in [-0.15, -0.1) is 12.4 Å². The third-order valence-electron chi connectivity index (χ3n) is 0.269. The van der Waals surface area contributed by atoms with Crippen molar-refractivity contribution in [2.75, 3.05) is 0 Å². The monoisotopic (exact) mass is 155 g/mol. The Morgan fingerprint density at radius 2 is 1.44 bits per heavy atom. The predicted octanol–water partition coefficient (Wildman–Crippen LogP) is -0.941. The quantitative estimate of drug-likeness (QED) is 0.198. The normalized spacial score (nSPS) is 5.78. The molecule has 0 aromatic carbocycles. The number of rotatable bonds is 0. The van der Waals surface area contributed by atoms with Gasteiger partial charge in [-0.25, -0.2) is 0 Å². The minimum atomic E-state index is -0.312. The molecule has 0 atom stereocenters. The van der Waals surface area contributed by atoms with Gasteiger partial charge in [0.25, 0.3) is 0 Å². The molecule has 0 spiro atoms. The fourth-order valence-corrected chi connectivity index (χ4v) is 0.145. The van der Waals surface area contributed by atoms with Gasteiger partial charge in [0.2, 0.25) is 0 Å². The van der Waals surface area contributed by atoms with Crippen molar-refractivity contribution in [1.82, 2.24) is 11.5 Å². The van der Waals surface area contributed by atoms with Gasteiger partial charge in [-0.3, -0.25) is 16.1 Å². The van der Waals surface area contributed by atoms with Crippen LogP contribution in [0.5, 0.6) is 0 Å². The number of nitrogens with one attached hydrogen (secondary N) is 3. The van der Waals surface area contributed by atoms with E-state index in [1.165, 1.54) is 0 Å². The standard InChI is InChI=1S/C2H7N5.ClH.H3N/c3-1(4)7-2(5)6;;/h(H7,3,4,5,6,7);1H;1H3/p+1. The first-order chi connectivity index (χ1) is 3.13. The molecule has 0 bridgehead atoms. The molecule has 0 heterocycles. The highest BCUT2D eigenvalue weighted by Gasteiger charge is 1.83. The second-order valence-corrected chi connectivity index (χ2v) is 0.952. The highest BCUT2D eigenvalue weighted by atomic mass is 35.5. The second kappa shape index (κ2) is 6.99. The summed E-state index contributed by atoms with van der Waals surface area (Å²) < 4.78 is 0. The number of guanidine groups is 2. The zero-order chi connectivity index (χ0) is 5.86. The maximum Gasteiger partial charge on any atom is 1.00 e. The molecule has 0 aliphatic heterocycles. The van der Waals surface area contributed by atoms with Crippen molar-refractivity contribution in [2.24, 2.45) is 11.5 Å². The van der Waals surface area contributed by atoms with E-state index < -0.39 is 0 Å². The van der Waals surface area contributed by atoms with Crippen molar-refractivity contribution in [3.05, 3.63) is 0 Å². The third-order valence-corrected chi connectivity index (χ3v) is 0.269. The van der Waals surface area contributed by atoms with Crippen molar-refractivity contribution in [3.63, 3.8) is 0 Å². The van der Waals surface area contributed by atoms with Gasteiger partial charge in [-0.1, -0.05) is 0 Å². The number of halogens is 1. The van der Waals surface area contributed by atoms with Crippen LogP contribution >= 0.6 is 12.4 Å². The molecule has 0 aliphatic rings. The van der Waals surface area contributed by atoms with Crippen LogP contribution < -0.4 is 22.9 Å². The van der Waals surface area contributed by atoms with Crippen LogP contribution in [0, 0.1) is 10.8 Å². The fraction of sp³-hybridized carbons (Fsp3) is 0. The largest absolute Gasteiger partial charge is 1.00 e.